The van der Waals surface area contributed by atoms with Crippen LogP contribution in [0.2, 0.25) is 0 Å². The number of nitriles is 1. The number of hydrogen-bond donors (Lipinski definition) is 0. The first-order valence-electron chi connectivity index (χ1n) is 5.84. The molecular formula is C13H15NO4S. The number of carbonyl (C=O) groups is 2. The molecule has 0 aliphatic carbocycles. The Balaban J connectivity index is 2.56. The molecule has 0 bridgehead atoms. The molecule has 0 amide bonds. The molecule has 1 aromatic heterocycles. The third-order valence-electron chi connectivity index (χ3n) is 2.49. The number of methoxy groups -OCH3 is 1. The van der Waals surface area contributed by atoms with Crippen molar-refractivity contribution < 1.29 is 19.1 Å². The van der Waals surface area contributed by atoms with Gasteiger partial charge in [-0.2, -0.15) is 5.26 Å². The number of ether oxygens (including phenoxy) is 2. The van der Waals surface area contributed by atoms with Crippen LogP contribution in [-0.4, -0.2) is 25.7 Å². The molecule has 0 fully saturated rings. The van der Waals surface area contributed by atoms with Crippen LogP contribution in [0.5, 0.6) is 0 Å². The Morgan fingerprint density at radius 1 is 1.53 bits per heavy atom. The van der Waals surface area contributed by atoms with Gasteiger partial charge in [0.2, 0.25) is 0 Å². The number of aryl methyl sites for hydroxylation is 1. The van der Waals surface area contributed by atoms with E-state index in [-0.39, 0.29) is 12.6 Å². The summed E-state index contributed by atoms with van der Waals surface area (Å²) in [6.45, 7) is 1.97. The molecule has 6 heteroatoms. The van der Waals surface area contributed by atoms with E-state index in [2.05, 4.69) is 4.74 Å². The maximum absolute atomic E-state index is 11.4. The first-order valence-corrected chi connectivity index (χ1v) is 6.72. The summed E-state index contributed by atoms with van der Waals surface area (Å²) in [5, 5.41) is 10.7. The van der Waals surface area contributed by atoms with Crippen LogP contribution in [0.1, 0.15) is 28.6 Å². The van der Waals surface area contributed by atoms with Gasteiger partial charge >= 0.3 is 11.9 Å². The smallest absolute Gasteiger partial charge is 0.348 e. The summed E-state index contributed by atoms with van der Waals surface area (Å²) in [6, 6.07) is 3.65. The summed E-state index contributed by atoms with van der Waals surface area (Å²) in [5.41, 5.74) is 0.912. The molecule has 0 radical (unpaired) electrons. The van der Waals surface area contributed by atoms with Crippen LogP contribution in [0.15, 0.2) is 11.4 Å². The van der Waals surface area contributed by atoms with Gasteiger partial charge in [-0.3, -0.25) is 4.79 Å². The van der Waals surface area contributed by atoms with E-state index in [4.69, 9.17) is 10.00 Å². The zero-order valence-corrected chi connectivity index (χ0v) is 11.7. The van der Waals surface area contributed by atoms with Crippen molar-refractivity contribution >= 4 is 23.3 Å². The molecule has 1 atom stereocenters. The SMILES string of the molecule is CCOC(=O)C(C#N)CCc1csc(C(=O)OC)c1. The van der Waals surface area contributed by atoms with Crippen molar-refractivity contribution in [2.45, 2.75) is 19.8 Å². The Labute approximate surface area is 115 Å². The highest BCUT2D eigenvalue weighted by Gasteiger charge is 2.19. The fourth-order valence-corrected chi connectivity index (χ4v) is 2.37. The van der Waals surface area contributed by atoms with E-state index < -0.39 is 11.9 Å². The summed E-state index contributed by atoms with van der Waals surface area (Å²) in [7, 11) is 1.33. The fraction of sp³-hybridized carbons (Fsp3) is 0.462. The van der Waals surface area contributed by atoms with Gasteiger partial charge in [0.1, 0.15) is 10.8 Å². The minimum absolute atomic E-state index is 0.266. The molecule has 1 heterocycles. The standard InChI is InChI=1S/C13H15NO4S/c1-3-18-12(15)10(7-14)5-4-9-6-11(19-8-9)13(16)17-2/h6,8,10H,3-5H2,1-2H3. The Kier molecular flexibility index (Phi) is 6.03. The van der Waals surface area contributed by atoms with Gasteiger partial charge in [-0.1, -0.05) is 0 Å². The predicted octanol–water partition coefficient (Wildman–Crippen LogP) is 2.17. The molecule has 1 unspecified atom stereocenters. The minimum Gasteiger partial charge on any atom is -0.465 e. The molecule has 0 spiro atoms. The molecule has 0 aliphatic rings. The Bertz CT molecular complexity index is 489. The van der Waals surface area contributed by atoms with Gasteiger partial charge in [-0.15, -0.1) is 11.3 Å². The first-order chi connectivity index (χ1) is 9.12. The van der Waals surface area contributed by atoms with Gasteiger partial charge in [-0.05, 0) is 36.8 Å². The van der Waals surface area contributed by atoms with Gasteiger partial charge in [0, 0.05) is 0 Å². The molecule has 5 nitrogen and oxygen atoms in total. The largest absolute Gasteiger partial charge is 0.465 e. The highest BCUT2D eigenvalue weighted by Crippen LogP contribution is 2.19. The van der Waals surface area contributed by atoms with Crippen molar-refractivity contribution in [3.8, 4) is 6.07 Å². The van der Waals surface area contributed by atoms with Gasteiger partial charge in [0.25, 0.3) is 0 Å². The second-order valence-electron chi connectivity index (χ2n) is 3.78. The molecule has 0 N–H and O–H groups in total. The van der Waals surface area contributed by atoms with E-state index in [0.717, 1.165) is 5.56 Å². The van der Waals surface area contributed by atoms with Crippen molar-refractivity contribution in [3.63, 3.8) is 0 Å². The second kappa shape index (κ2) is 7.54. The van der Waals surface area contributed by atoms with Crippen molar-refractivity contribution in [1.29, 1.82) is 5.26 Å². The monoisotopic (exact) mass is 281 g/mol. The van der Waals surface area contributed by atoms with Crippen molar-refractivity contribution in [1.82, 2.24) is 0 Å². The van der Waals surface area contributed by atoms with E-state index in [9.17, 15) is 9.59 Å². The number of esters is 2. The summed E-state index contributed by atoms with van der Waals surface area (Å²) in [5.74, 6) is -1.63. The van der Waals surface area contributed by atoms with E-state index >= 15 is 0 Å². The normalized spacial score (nSPS) is 11.4. The lowest BCUT2D eigenvalue weighted by Gasteiger charge is -2.06. The van der Waals surface area contributed by atoms with Crippen LogP contribution in [0.25, 0.3) is 0 Å². The molecule has 0 saturated carbocycles. The number of rotatable bonds is 6. The number of nitrogens with zero attached hydrogens (tertiary/aromatic N) is 1. The van der Waals surface area contributed by atoms with Gasteiger partial charge in [0.15, 0.2) is 0 Å². The van der Waals surface area contributed by atoms with Crippen LogP contribution < -0.4 is 0 Å². The predicted molar refractivity (Wildman–Crippen MR) is 69.7 cm³/mol. The third kappa shape index (κ3) is 4.38. The van der Waals surface area contributed by atoms with Gasteiger partial charge < -0.3 is 9.47 Å². The molecular weight excluding hydrogens is 266 g/mol. The summed E-state index contributed by atoms with van der Waals surface area (Å²) in [4.78, 5) is 23.2. The maximum atomic E-state index is 11.4. The molecule has 1 aromatic rings. The minimum atomic E-state index is -0.763. The van der Waals surface area contributed by atoms with E-state index in [1.54, 1.807) is 13.0 Å². The average molecular weight is 281 g/mol. The Morgan fingerprint density at radius 3 is 2.84 bits per heavy atom. The number of thiophene rings is 1. The first kappa shape index (κ1) is 15.2. The van der Waals surface area contributed by atoms with Crippen LogP contribution in [-0.2, 0) is 20.7 Å². The van der Waals surface area contributed by atoms with Crippen molar-refractivity contribution in [2.24, 2.45) is 5.92 Å². The van der Waals surface area contributed by atoms with Crippen LogP contribution in [0.3, 0.4) is 0 Å². The van der Waals surface area contributed by atoms with Crippen LogP contribution >= 0.6 is 11.3 Å². The summed E-state index contributed by atoms with van der Waals surface area (Å²) >= 11 is 1.29. The van der Waals surface area contributed by atoms with E-state index in [1.807, 2.05) is 11.4 Å². The van der Waals surface area contributed by atoms with E-state index in [1.165, 1.54) is 18.4 Å². The molecule has 0 saturated heterocycles. The van der Waals surface area contributed by atoms with Crippen LogP contribution in [0, 0.1) is 17.2 Å². The Hall–Kier alpha value is -1.87. The lowest BCUT2D eigenvalue weighted by molar-refractivity contribution is -0.146. The van der Waals surface area contributed by atoms with Gasteiger partial charge in [0.05, 0.1) is 19.8 Å². The highest BCUT2D eigenvalue weighted by molar-refractivity contribution is 7.12. The van der Waals surface area contributed by atoms with Gasteiger partial charge in [-0.25, -0.2) is 4.79 Å². The maximum Gasteiger partial charge on any atom is 0.348 e. The van der Waals surface area contributed by atoms with E-state index in [0.29, 0.717) is 17.7 Å². The highest BCUT2D eigenvalue weighted by atomic mass is 32.1. The van der Waals surface area contributed by atoms with Crippen molar-refractivity contribution in [2.75, 3.05) is 13.7 Å². The molecule has 1 rings (SSSR count). The molecule has 0 aliphatic heterocycles. The zero-order chi connectivity index (χ0) is 14.3. The Morgan fingerprint density at radius 2 is 2.26 bits per heavy atom. The topological polar surface area (TPSA) is 76.4 Å². The molecule has 102 valence electrons. The number of carbonyl (C=O) groups excluding carboxylic acids is 2. The molecule has 0 aromatic carbocycles. The van der Waals surface area contributed by atoms with Crippen LogP contribution in [0.4, 0.5) is 0 Å². The molecule has 19 heavy (non-hydrogen) atoms. The number of hydrogen-bond acceptors (Lipinski definition) is 6. The fourth-order valence-electron chi connectivity index (χ4n) is 1.50. The lowest BCUT2D eigenvalue weighted by Crippen LogP contribution is -2.16. The summed E-state index contributed by atoms with van der Waals surface area (Å²) < 4.78 is 9.42. The van der Waals surface area contributed by atoms with Crippen molar-refractivity contribution in [3.05, 3.63) is 21.9 Å². The quantitative estimate of drug-likeness (QED) is 0.747. The lowest BCUT2D eigenvalue weighted by atomic mass is 10.0. The zero-order valence-electron chi connectivity index (χ0n) is 10.8. The average Bonchev–Trinajstić information content (AvgIpc) is 2.87. The second-order valence-corrected chi connectivity index (χ2v) is 4.69. The third-order valence-corrected chi connectivity index (χ3v) is 3.45. The summed E-state index contributed by atoms with van der Waals surface area (Å²) in [6.07, 6.45) is 0.928.